The average Bonchev–Trinajstić information content (AvgIpc) is 2.36. The van der Waals surface area contributed by atoms with Gasteiger partial charge < -0.3 is 20.3 Å². The zero-order chi connectivity index (χ0) is 13.6. The molecule has 0 amide bonds. The summed E-state index contributed by atoms with van der Waals surface area (Å²) in [6.45, 7) is 6.54. The number of hydrogen-bond donors (Lipinski definition) is 2. The first kappa shape index (κ1) is 14.8. The zero-order valence-corrected chi connectivity index (χ0v) is 11.3. The van der Waals surface area contributed by atoms with Crippen LogP contribution in [0, 0.1) is 0 Å². The van der Waals surface area contributed by atoms with Crippen molar-refractivity contribution < 1.29 is 14.6 Å². The minimum atomic E-state index is -0.631. The highest BCUT2D eigenvalue weighted by molar-refractivity contribution is 5.41. The maximum absolute atomic E-state index is 9.75. The van der Waals surface area contributed by atoms with E-state index in [1.165, 1.54) is 0 Å². The molecule has 0 bridgehead atoms. The number of aliphatic hydroxyl groups is 1. The molecule has 3 N–H and O–H groups in total. The fourth-order valence-corrected chi connectivity index (χ4v) is 1.23. The largest absolute Gasteiger partial charge is 0.491 e. The van der Waals surface area contributed by atoms with Gasteiger partial charge in [0.1, 0.15) is 18.5 Å². The number of benzene rings is 1. The van der Waals surface area contributed by atoms with Crippen LogP contribution in [0.2, 0.25) is 0 Å². The van der Waals surface area contributed by atoms with Crippen molar-refractivity contribution in [3.05, 3.63) is 24.3 Å². The first-order chi connectivity index (χ1) is 8.43. The Hall–Kier alpha value is -1.26. The van der Waals surface area contributed by atoms with E-state index in [0.29, 0.717) is 11.4 Å². The molecular weight excluding hydrogens is 230 g/mol. The van der Waals surface area contributed by atoms with Crippen LogP contribution in [0.25, 0.3) is 0 Å². The third-order valence-corrected chi connectivity index (χ3v) is 2.84. The lowest BCUT2D eigenvalue weighted by Crippen LogP contribution is -2.31. The molecule has 1 rings (SSSR count). The van der Waals surface area contributed by atoms with Gasteiger partial charge in [0, 0.05) is 5.69 Å². The number of anilines is 1. The number of aliphatic hydroxyl groups excluding tert-OH is 1. The lowest BCUT2D eigenvalue weighted by Gasteiger charge is -2.25. The predicted molar refractivity (Wildman–Crippen MR) is 72.7 cm³/mol. The quantitative estimate of drug-likeness (QED) is 0.731. The SMILES string of the molecule is CCC(C)(C)OCC(O)COc1ccc(N)cc1. The monoisotopic (exact) mass is 253 g/mol. The maximum Gasteiger partial charge on any atom is 0.119 e. The minimum Gasteiger partial charge on any atom is -0.491 e. The van der Waals surface area contributed by atoms with Crippen LogP contribution in [0.3, 0.4) is 0 Å². The topological polar surface area (TPSA) is 64.7 Å². The second-order valence-corrected chi connectivity index (χ2v) is 4.96. The average molecular weight is 253 g/mol. The first-order valence-corrected chi connectivity index (χ1v) is 6.23. The summed E-state index contributed by atoms with van der Waals surface area (Å²) in [5.74, 6) is 0.693. The van der Waals surface area contributed by atoms with Crippen molar-refractivity contribution in [1.82, 2.24) is 0 Å². The highest BCUT2D eigenvalue weighted by atomic mass is 16.5. The van der Waals surface area contributed by atoms with Gasteiger partial charge in [0.05, 0.1) is 12.2 Å². The molecule has 1 aromatic carbocycles. The fraction of sp³-hybridized carbons (Fsp3) is 0.571. The second kappa shape index (κ2) is 6.61. The summed E-state index contributed by atoms with van der Waals surface area (Å²) in [5.41, 5.74) is 6.05. The summed E-state index contributed by atoms with van der Waals surface area (Å²) < 4.78 is 11.0. The summed E-state index contributed by atoms with van der Waals surface area (Å²) in [5, 5.41) is 9.75. The van der Waals surface area contributed by atoms with Gasteiger partial charge in [0.25, 0.3) is 0 Å². The van der Waals surface area contributed by atoms with E-state index in [0.717, 1.165) is 6.42 Å². The summed E-state index contributed by atoms with van der Waals surface area (Å²) in [6.07, 6.45) is 0.270. The van der Waals surface area contributed by atoms with Gasteiger partial charge in [0.15, 0.2) is 0 Å². The molecule has 0 heterocycles. The van der Waals surface area contributed by atoms with Gasteiger partial charge in [0.2, 0.25) is 0 Å². The molecule has 102 valence electrons. The summed E-state index contributed by atoms with van der Waals surface area (Å²) in [7, 11) is 0. The Labute approximate surface area is 109 Å². The van der Waals surface area contributed by atoms with Gasteiger partial charge in [-0.05, 0) is 44.5 Å². The van der Waals surface area contributed by atoms with Crippen LogP contribution in [0.4, 0.5) is 5.69 Å². The van der Waals surface area contributed by atoms with Crippen LogP contribution in [0.5, 0.6) is 5.75 Å². The molecule has 4 heteroatoms. The molecule has 4 nitrogen and oxygen atoms in total. The second-order valence-electron chi connectivity index (χ2n) is 4.96. The van der Waals surface area contributed by atoms with E-state index < -0.39 is 6.10 Å². The lowest BCUT2D eigenvalue weighted by atomic mass is 10.1. The molecule has 1 aromatic rings. The Kier molecular flexibility index (Phi) is 5.44. The summed E-state index contributed by atoms with van der Waals surface area (Å²) in [6, 6.07) is 7.08. The molecule has 18 heavy (non-hydrogen) atoms. The van der Waals surface area contributed by atoms with E-state index >= 15 is 0 Å². The van der Waals surface area contributed by atoms with Gasteiger partial charge in [-0.3, -0.25) is 0 Å². The van der Waals surface area contributed by atoms with Crippen molar-refractivity contribution in [2.24, 2.45) is 0 Å². The Morgan fingerprint density at radius 2 is 1.83 bits per heavy atom. The highest BCUT2D eigenvalue weighted by Gasteiger charge is 2.17. The molecule has 0 aliphatic rings. The Balaban J connectivity index is 2.29. The maximum atomic E-state index is 9.75. The Morgan fingerprint density at radius 3 is 2.39 bits per heavy atom. The zero-order valence-electron chi connectivity index (χ0n) is 11.3. The van der Waals surface area contributed by atoms with E-state index in [9.17, 15) is 5.11 Å². The van der Waals surface area contributed by atoms with E-state index in [1.54, 1.807) is 24.3 Å². The lowest BCUT2D eigenvalue weighted by molar-refractivity contribution is -0.0695. The molecule has 0 aliphatic carbocycles. The van der Waals surface area contributed by atoms with Crippen molar-refractivity contribution in [1.29, 1.82) is 0 Å². The number of hydrogen-bond acceptors (Lipinski definition) is 4. The molecule has 1 unspecified atom stereocenters. The molecule has 0 aromatic heterocycles. The van der Waals surface area contributed by atoms with Gasteiger partial charge in [-0.25, -0.2) is 0 Å². The van der Waals surface area contributed by atoms with Crippen molar-refractivity contribution in [3.8, 4) is 5.75 Å². The standard InChI is InChI=1S/C14H23NO3/c1-4-14(2,3)18-10-12(16)9-17-13-7-5-11(15)6-8-13/h5-8,12,16H,4,9-10,15H2,1-3H3. The van der Waals surface area contributed by atoms with Crippen LogP contribution >= 0.6 is 0 Å². The van der Waals surface area contributed by atoms with Crippen LogP contribution in [-0.4, -0.2) is 30.0 Å². The van der Waals surface area contributed by atoms with Crippen LogP contribution in [0.15, 0.2) is 24.3 Å². The van der Waals surface area contributed by atoms with Crippen molar-refractivity contribution in [2.75, 3.05) is 18.9 Å². The van der Waals surface area contributed by atoms with Gasteiger partial charge >= 0.3 is 0 Å². The van der Waals surface area contributed by atoms with E-state index in [2.05, 4.69) is 6.92 Å². The number of rotatable bonds is 7. The Bertz CT molecular complexity index is 349. The number of nitrogen functional groups attached to an aromatic ring is 1. The van der Waals surface area contributed by atoms with E-state index in [1.807, 2.05) is 13.8 Å². The minimum absolute atomic E-state index is 0.206. The van der Waals surface area contributed by atoms with Gasteiger partial charge in [-0.1, -0.05) is 6.92 Å². The predicted octanol–water partition coefficient (Wildman–Crippen LogP) is 2.21. The molecule has 0 fully saturated rings. The van der Waals surface area contributed by atoms with Crippen LogP contribution < -0.4 is 10.5 Å². The van der Waals surface area contributed by atoms with Crippen molar-refractivity contribution in [2.45, 2.75) is 38.9 Å². The van der Waals surface area contributed by atoms with Crippen molar-refractivity contribution >= 4 is 5.69 Å². The van der Waals surface area contributed by atoms with Crippen LogP contribution in [-0.2, 0) is 4.74 Å². The van der Waals surface area contributed by atoms with Gasteiger partial charge in [-0.2, -0.15) is 0 Å². The van der Waals surface area contributed by atoms with E-state index in [4.69, 9.17) is 15.2 Å². The van der Waals surface area contributed by atoms with Gasteiger partial charge in [-0.15, -0.1) is 0 Å². The highest BCUT2D eigenvalue weighted by Crippen LogP contribution is 2.15. The molecule has 0 saturated heterocycles. The van der Waals surface area contributed by atoms with Crippen LogP contribution in [0.1, 0.15) is 27.2 Å². The summed E-state index contributed by atoms with van der Waals surface area (Å²) >= 11 is 0. The molecule has 1 atom stereocenters. The van der Waals surface area contributed by atoms with Crippen molar-refractivity contribution in [3.63, 3.8) is 0 Å². The third kappa shape index (κ3) is 5.38. The molecule has 0 saturated carbocycles. The Morgan fingerprint density at radius 1 is 1.22 bits per heavy atom. The first-order valence-electron chi connectivity index (χ1n) is 6.23. The fourth-order valence-electron chi connectivity index (χ4n) is 1.23. The molecule has 0 spiro atoms. The molecule has 0 aliphatic heterocycles. The number of ether oxygens (including phenoxy) is 2. The van der Waals surface area contributed by atoms with E-state index in [-0.39, 0.29) is 18.8 Å². The summed E-state index contributed by atoms with van der Waals surface area (Å²) in [4.78, 5) is 0. The third-order valence-electron chi connectivity index (χ3n) is 2.84. The molecule has 0 radical (unpaired) electrons. The normalized spacial score (nSPS) is 13.3. The molecular formula is C14H23NO3. The smallest absolute Gasteiger partial charge is 0.119 e. The number of nitrogens with two attached hydrogens (primary N) is 1.